The molecule has 11 heavy (non-hydrogen) atoms. The number of rotatable bonds is 4. The van der Waals surface area contributed by atoms with Crippen LogP contribution in [0.15, 0.2) is 5.10 Å². The lowest BCUT2D eigenvalue weighted by Gasteiger charge is -2.15. The quantitative estimate of drug-likeness (QED) is 0.379. The summed E-state index contributed by atoms with van der Waals surface area (Å²) in [6.07, 6.45) is 0.728. The Morgan fingerprint density at radius 2 is 2.27 bits per heavy atom. The molecule has 0 amide bonds. The minimum Gasteiger partial charge on any atom is -0.477 e. The van der Waals surface area contributed by atoms with Crippen LogP contribution in [-0.4, -0.2) is 34.5 Å². The highest BCUT2D eigenvalue weighted by molar-refractivity contribution is 6.21. The van der Waals surface area contributed by atoms with E-state index in [0.29, 0.717) is 0 Å². The standard InChI is InChI=1S/C6H12N2O3/c1-6(2,11)4-8-7-3-5(9)10/h3,8,11H,4H2,1-2H3,(H,9,10). The van der Waals surface area contributed by atoms with Gasteiger partial charge in [-0.25, -0.2) is 4.79 Å². The molecule has 3 N–H and O–H groups in total. The fraction of sp³-hybridized carbons (Fsp3) is 0.667. The van der Waals surface area contributed by atoms with Gasteiger partial charge in [0.1, 0.15) is 6.21 Å². The lowest BCUT2D eigenvalue weighted by Crippen LogP contribution is -2.32. The molecule has 64 valence electrons. The molecular weight excluding hydrogens is 148 g/mol. The van der Waals surface area contributed by atoms with Gasteiger partial charge in [-0.1, -0.05) is 0 Å². The molecule has 0 aliphatic heterocycles. The van der Waals surface area contributed by atoms with Gasteiger partial charge >= 0.3 is 5.97 Å². The highest BCUT2D eigenvalue weighted by Gasteiger charge is 2.10. The van der Waals surface area contributed by atoms with Crippen molar-refractivity contribution >= 4 is 12.2 Å². The second kappa shape index (κ2) is 3.92. The number of carboxylic acids is 1. The van der Waals surface area contributed by atoms with Crippen LogP contribution in [0.2, 0.25) is 0 Å². The first-order valence-electron chi connectivity index (χ1n) is 3.13. The number of nitrogens with one attached hydrogen (secondary N) is 1. The van der Waals surface area contributed by atoms with E-state index in [0.717, 1.165) is 6.21 Å². The molecule has 0 unspecified atom stereocenters. The molecule has 0 heterocycles. The van der Waals surface area contributed by atoms with E-state index in [1.807, 2.05) is 0 Å². The first-order valence-corrected chi connectivity index (χ1v) is 3.13. The minimum absolute atomic E-state index is 0.219. The van der Waals surface area contributed by atoms with Crippen LogP contribution in [0.25, 0.3) is 0 Å². The van der Waals surface area contributed by atoms with Crippen LogP contribution in [0.5, 0.6) is 0 Å². The average Bonchev–Trinajstić information content (AvgIpc) is 1.78. The number of carboxylic acid groups (broad SMARTS) is 1. The number of carbonyl (C=O) groups is 1. The third kappa shape index (κ3) is 8.90. The number of hydrogen-bond acceptors (Lipinski definition) is 4. The van der Waals surface area contributed by atoms with E-state index in [9.17, 15) is 4.79 Å². The Morgan fingerprint density at radius 1 is 1.73 bits per heavy atom. The van der Waals surface area contributed by atoms with Crippen LogP contribution in [0.4, 0.5) is 0 Å². The molecule has 0 aromatic heterocycles. The molecule has 0 aromatic rings. The number of hydrazone groups is 1. The van der Waals surface area contributed by atoms with Crippen molar-refractivity contribution in [3.63, 3.8) is 0 Å². The fourth-order valence-corrected chi connectivity index (χ4v) is 0.340. The van der Waals surface area contributed by atoms with Gasteiger partial charge in [-0.15, -0.1) is 0 Å². The maximum absolute atomic E-state index is 9.87. The Kier molecular flexibility index (Phi) is 3.53. The van der Waals surface area contributed by atoms with Crippen molar-refractivity contribution in [3.8, 4) is 0 Å². The molecule has 0 saturated carbocycles. The van der Waals surface area contributed by atoms with Crippen molar-refractivity contribution in [2.45, 2.75) is 19.4 Å². The first-order chi connectivity index (χ1) is 4.92. The monoisotopic (exact) mass is 160 g/mol. The van der Waals surface area contributed by atoms with Crippen molar-refractivity contribution in [3.05, 3.63) is 0 Å². The molecule has 0 spiro atoms. The molecule has 0 aliphatic carbocycles. The predicted octanol–water partition coefficient (Wildman–Crippen LogP) is -0.583. The number of aliphatic carboxylic acids is 1. The van der Waals surface area contributed by atoms with E-state index >= 15 is 0 Å². The lowest BCUT2D eigenvalue weighted by atomic mass is 10.1. The van der Waals surface area contributed by atoms with Gasteiger partial charge in [-0.2, -0.15) is 5.10 Å². The summed E-state index contributed by atoms with van der Waals surface area (Å²) < 4.78 is 0. The molecule has 0 aromatic carbocycles. The second-order valence-corrected chi connectivity index (χ2v) is 2.74. The van der Waals surface area contributed by atoms with Gasteiger partial charge < -0.3 is 15.6 Å². The predicted molar refractivity (Wildman–Crippen MR) is 40.4 cm³/mol. The van der Waals surface area contributed by atoms with E-state index < -0.39 is 11.6 Å². The summed E-state index contributed by atoms with van der Waals surface area (Å²) >= 11 is 0. The molecule has 0 rings (SSSR count). The summed E-state index contributed by atoms with van der Waals surface area (Å²) in [4.78, 5) is 9.87. The molecule has 0 bridgehead atoms. The van der Waals surface area contributed by atoms with Crippen molar-refractivity contribution in [1.29, 1.82) is 0 Å². The van der Waals surface area contributed by atoms with Crippen molar-refractivity contribution in [2.75, 3.05) is 6.54 Å². The third-order valence-electron chi connectivity index (χ3n) is 0.778. The van der Waals surface area contributed by atoms with Gasteiger partial charge in [-0.05, 0) is 13.8 Å². The molecule has 5 nitrogen and oxygen atoms in total. The Hall–Kier alpha value is -1.10. The molecule has 0 atom stereocenters. The zero-order chi connectivity index (χ0) is 8.91. The van der Waals surface area contributed by atoms with Crippen LogP contribution >= 0.6 is 0 Å². The normalized spacial score (nSPS) is 11.9. The van der Waals surface area contributed by atoms with Crippen LogP contribution in [0, 0.1) is 0 Å². The highest BCUT2D eigenvalue weighted by Crippen LogP contribution is 1.96. The van der Waals surface area contributed by atoms with Gasteiger partial charge in [0.2, 0.25) is 0 Å². The Balaban J connectivity index is 3.50. The second-order valence-electron chi connectivity index (χ2n) is 2.74. The Labute approximate surface area is 64.7 Å². The highest BCUT2D eigenvalue weighted by atomic mass is 16.4. The van der Waals surface area contributed by atoms with E-state index in [2.05, 4.69) is 10.5 Å². The maximum Gasteiger partial charge on any atom is 0.348 e. The molecule has 0 saturated heterocycles. The van der Waals surface area contributed by atoms with Gasteiger partial charge in [0, 0.05) is 0 Å². The fourth-order valence-electron chi connectivity index (χ4n) is 0.340. The molecule has 0 aliphatic rings. The number of nitrogens with zero attached hydrogens (tertiary/aromatic N) is 1. The zero-order valence-corrected chi connectivity index (χ0v) is 6.53. The van der Waals surface area contributed by atoms with Crippen LogP contribution in [-0.2, 0) is 4.79 Å². The van der Waals surface area contributed by atoms with Crippen molar-refractivity contribution < 1.29 is 15.0 Å². The number of aliphatic hydroxyl groups is 1. The van der Waals surface area contributed by atoms with E-state index in [4.69, 9.17) is 10.2 Å². The third-order valence-corrected chi connectivity index (χ3v) is 0.778. The van der Waals surface area contributed by atoms with Crippen LogP contribution in [0.1, 0.15) is 13.8 Å². The average molecular weight is 160 g/mol. The van der Waals surface area contributed by atoms with E-state index in [-0.39, 0.29) is 6.54 Å². The summed E-state index contributed by atoms with van der Waals surface area (Å²) in [5, 5.41) is 20.5. The summed E-state index contributed by atoms with van der Waals surface area (Å²) in [5.74, 6) is -1.12. The summed E-state index contributed by atoms with van der Waals surface area (Å²) in [7, 11) is 0. The smallest absolute Gasteiger partial charge is 0.348 e. The van der Waals surface area contributed by atoms with Crippen LogP contribution in [0.3, 0.4) is 0 Å². The van der Waals surface area contributed by atoms with Crippen molar-refractivity contribution in [1.82, 2.24) is 5.43 Å². The van der Waals surface area contributed by atoms with Crippen molar-refractivity contribution in [2.24, 2.45) is 5.10 Å². The van der Waals surface area contributed by atoms with Gasteiger partial charge in [0.15, 0.2) is 0 Å². The largest absolute Gasteiger partial charge is 0.477 e. The molecule has 0 radical (unpaired) electrons. The summed E-state index contributed by atoms with van der Waals surface area (Å²) in [5.41, 5.74) is 1.52. The van der Waals surface area contributed by atoms with E-state index in [1.54, 1.807) is 13.8 Å². The molecule has 5 heteroatoms. The van der Waals surface area contributed by atoms with Gasteiger partial charge in [0.05, 0.1) is 12.1 Å². The van der Waals surface area contributed by atoms with Gasteiger partial charge in [-0.3, -0.25) is 0 Å². The lowest BCUT2D eigenvalue weighted by molar-refractivity contribution is -0.128. The first kappa shape index (κ1) is 9.90. The van der Waals surface area contributed by atoms with E-state index in [1.165, 1.54) is 0 Å². The molecular formula is C6H12N2O3. The van der Waals surface area contributed by atoms with Gasteiger partial charge in [0.25, 0.3) is 0 Å². The zero-order valence-electron chi connectivity index (χ0n) is 6.53. The minimum atomic E-state index is -1.12. The summed E-state index contributed by atoms with van der Waals surface area (Å²) in [6, 6.07) is 0. The van der Waals surface area contributed by atoms with Crippen LogP contribution < -0.4 is 5.43 Å². The number of hydrogen-bond donors (Lipinski definition) is 3. The topological polar surface area (TPSA) is 81.9 Å². The SMILES string of the molecule is CC(C)(O)CNN=CC(=O)O. The summed E-state index contributed by atoms with van der Waals surface area (Å²) in [6.45, 7) is 3.41. The maximum atomic E-state index is 9.87. The molecule has 0 fully saturated rings. The Morgan fingerprint density at radius 3 is 2.64 bits per heavy atom. The Bertz CT molecular complexity index is 160.